The van der Waals surface area contributed by atoms with Gasteiger partial charge in [0.15, 0.2) is 4.80 Å². The monoisotopic (exact) mass is 606 g/mol. The van der Waals surface area contributed by atoms with E-state index in [0.29, 0.717) is 32.1 Å². The molecular weight excluding hydrogens is 580 g/mol. The molecule has 220 valence electrons. The van der Waals surface area contributed by atoms with Gasteiger partial charge in [-0.05, 0) is 79.6 Å². The van der Waals surface area contributed by atoms with Crippen LogP contribution in [-0.2, 0) is 9.53 Å². The van der Waals surface area contributed by atoms with Crippen LogP contribution in [0.15, 0.2) is 123 Å². The molecule has 44 heavy (non-hydrogen) atoms. The van der Waals surface area contributed by atoms with Crippen LogP contribution in [0.3, 0.4) is 0 Å². The van der Waals surface area contributed by atoms with E-state index in [1.54, 1.807) is 50.3 Å². The fourth-order valence-corrected chi connectivity index (χ4v) is 5.87. The third kappa shape index (κ3) is 5.88. The predicted molar refractivity (Wildman–Crippen MR) is 163 cm³/mol. The Labute approximate surface area is 255 Å². The van der Waals surface area contributed by atoms with Crippen LogP contribution in [0.4, 0.5) is 0 Å². The van der Waals surface area contributed by atoms with Gasteiger partial charge in [0.05, 0.1) is 34.7 Å². The number of rotatable bonds is 8. The van der Waals surface area contributed by atoms with Crippen molar-refractivity contribution >= 4 is 29.4 Å². The van der Waals surface area contributed by atoms with Crippen LogP contribution >= 0.6 is 11.3 Å². The van der Waals surface area contributed by atoms with Crippen LogP contribution in [0.5, 0.6) is 17.2 Å². The zero-order valence-corrected chi connectivity index (χ0v) is 24.6. The van der Waals surface area contributed by atoms with Crippen molar-refractivity contribution in [1.82, 2.24) is 4.57 Å². The Balaban J connectivity index is 1.38. The van der Waals surface area contributed by atoms with Gasteiger partial charge in [-0.15, -0.1) is 0 Å². The number of esters is 2. The second kappa shape index (κ2) is 12.4. The average molecular weight is 607 g/mol. The lowest BCUT2D eigenvalue weighted by atomic mass is 9.96. The molecule has 9 nitrogen and oxygen atoms in total. The Morgan fingerprint density at radius 2 is 1.70 bits per heavy atom. The fraction of sp³-hybridized carbons (Fsp3) is 0.118. The Bertz CT molecular complexity index is 2040. The molecule has 3 aromatic carbocycles. The van der Waals surface area contributed by atoms with Gasteiger partial charge >= 0.3 is 11.9 Å². The first-order valence-corrected chi connectivity index (χ1v) is 14.6. The molecule has 2 aromatic heterocycles. The molecule has 1 atom stereocenters. The number of aromatic nitrogens is 1. The highest BCUT2D eigenvalue weighted by Gasteiger charge is 2.33. The van der Waals surface area contributed by atoms with Crippen LogP contribution in [0.25, 0.3) is 6.08 Å². The van der Waals surface area contributed by atoms with Crippen molar-refractivity contribution in [1.29, 1.82) is 0 Å². The first-order valence-electron chi connectivity index (χ1n) is 13.8. The number of allylic oxidation sites excluding steroid dienone is 1. The molecule has 1 aliphatic rings. The topological polar surface area (TPSA) is 109 Å². The molecular formula is C34H26N2O7S. The average Bonchev–Trinajstić information content (AvgIpc) is 3.66. The van der Waals surface area contributed by atoms with E-state index in [1.807, 2.05) is 54.6 Å². The van der Waals surface area contributed by atoms with Crippen molar-refractivity contribution in [2.45, 2.75) is 19.9 Å². The van der Waals surface area contributed by atoms with Crippen molar-refractivity contribution in [3.8, 4) is 17.2 Å². The van der Waals surface area contributed by atoms with E-state index in [9.17, 15) is 14.4 Å². The van der Waals surface area contributed by atoms with Gasteiger partial charge in [-0.2, -0.15) is 0 Å². The van der Waals surface area contributed by atoms with E-state index in [4.69, 9.17) is 18.6 Å². The summed E-state index contributed by atoms with van der Waals surface area (Å²) in [6, 6.07) is 25.8. The molecule has 0 N–H and O–H groups in total. The maximum Gasteiger partial charge on any atom is 0.379 e. The molecule has 1 unspecified atom stereocenters. The van der Waals surface area contributed by atoms with Crippen LogP contribution in [0.1, 0.15) is 41.6 Å². The summed E-state index contributed by atoms with van der Waals surface area (Å²) in [5.74, 6) is 0.473. The lowest BCUT2D eigenvalue weighted by Crippen LogP contribution is -2.39. The van der Waals surface area contributed by atoms with E-state index >= 15 is 0 Å². The number of hydrogen-bond donors (Lipinski definition) is 0. The smallest absolute Gasteiger partial charge is 0.379 e. The minimum absolute atomic E-state index is 0.0709. The summed E-state index contributed by atoms with van der Waals surface area (Å²) in [5, 5.41) is 0. The van der Waals surface area contributed by atoms with Gasteiger partial charge in [-0.3, -0.25) is 9.36 Å². The van der Waals surface area contributed by atoms with E-state index in [-0.39, 0.29) is 29.2 Å². The number of fused-ring (bicyclic) bond motifs is 1. The van der Waals surface area contributed by atoms with Crippen LogP contribution in [-0.4, -0.2) is 23.1 Å². The lowest BCUT2D eigenvalue weighted by molar-refractivity contribution is -0.139. The summed E-state index contributed by atoms with van der Waals surface area (Å²) in [6.45, 7) is 3.60. The van der Waals surface area contributed by atoms with E-state index < -0.39 is 18.0 Å². The Hall–Kier alpha value is -5.48. The van der Waals surface area contributed by atoms with Gasteiger partial charge in [0.1, 0.15) is 17.2 Å². The van der Waals surface area contributed by atoms with Gasteiger partial charge < -0.3 is 18.6 Å². The van der Waals surface area contributed by atoms with Gasteiger partial charge in [0.25, 0.3) is 5.56 Å². The summed E-state index contributed by atoms with van der Waals surface area (Å²) >= 11 is 1.23. The van der Waals surface area contributed by atoms with Crippen molar-refractivity contribution in [3.63, 3.8) is 0 Å². The number of furan rings is 1. The maximum absolute atomic E-state index is 14.0. The standard InChI is InChI=1S/C34H26N2O7S/c1-3-40-33(39)29-21(2)35-34-36(30(29)23-14-16-25(17-15-23)43-32(38)27-13-8-18-41-27)31(37)28(44-34)20-22-9-7-12-26(19-22)42-24-10-5-4-6-11-24/h4-20,30H,3H2,1-2H3. The number of nitrogens with zero attached hydrogens (tertiary/aromatic N) is 2. The number of para-hydroxylation sites is 1. The molecule has 0 spiro atoms. The third-order valence-electron chi connectivity index (χ3n) is 6.78. The molecule has 0 bridgehead atoms. The van der Waals surface area contributed by atoms with Gasteiger partial charge in [0, 0.05) is 0 Å². The SMILES string of the molecule is CCOC(=O)C1=C(C)N=c2sc(=Cc3cccc(Oc4ccccc4)c3)c(=O)n2C1c1ccc(OC(=O)c2ccco2)cc1. The molecule has 5 aromatic rings. The summed E-state index contributed by atoms with van der Waals surface area (Å²) in [4.78, 5) is 44.5. The summed E-state index contributed by atoms with van der Waals surface area (Å²) in [7, 11) is 0. The van der Waals surface area contributed by atoms with E-state index in [0.717, 1.165) is 5.56 Å². The van der Waals surface area contributed by atoms with Crippen molar-refractivity contribution in [3.05, 3.63) is 145 Å². The zero-order chi connectivity index (χ0) is 30.6. The highest BCUT2D eigenvalue weighted by Crippen LogP contribution is 2.32. The van der Waals surface area contributed by atoms with Crippen LogP contribution in [0.2, 0.25) is 0 Å². The highest BCUT2D eigenvalue weighted by molar-refractivity contribution is 7.07. The second-order valence-electron chi connectivity index (χ2n) is 9.73. The first kappa shape index (κ1) is 28.6. The van der Waals surface area contributed by atoms with Crippen molar-refractivity contribution in [2.24, 2.45) is 4.99 Å². The van der Waals surface area contributed by atoms with Gasteiger partial charge in [-0.25, -0.2) is 14.6 Å². The van der Waals surface area contributed by atoms with Crippen LogP contribution < -0.4 is 24.4 Å². The molecule has 10 heteroatoms. The molecule has 6 rings (SSSR count). The van der Waals surface area contributed by atoms with Crippen molar-refractivity contribution in [2.75, 3.05) is 6.61 Å². The quantitative estimate of drug-likeness (QED) is 0.172. The second-order valence-corrected chi connectivity index (χ2v) is 10.7. The summed E-state index contributed by atoms with van der Waals surface area (Å²) in [6.07, 6.45) is 3.16. The molecule has 3 heterocycles. The maximum atomic E-state index is 14.0. The van der Waals surface area contributed by atoms with Gasteiger partial charge in [-0.1, -0.05) is 53.8 Å². The van der Waals surface area contributed by atoms with E-state index in [1.165, 1.54) is 28.2 Å². The van der Waals surface area contributed by atoms with Crippen molar-refractivity contribution < 1.29 is 28.2 Å². The molecule has 0 saturated heterocycles. The minimum Gasteiger partial charge on any atom is -0.463 e. The predicted octanol–water partition coefficient (Wildman–Crippen LogP) is 5.40. The molecule has 0 saturated carbocycles. The molecule has 0 radical (unpaired) electrons. The molecule has 0 amide bonds. The van der Waals surface area contributed by atoms with Crippen LogP contribution in [0, 0.1) is 0 Å². The fourth-order valence-electron chi connectivity index (χ4n) is 4.82. The number of ether oxygens (including phenoxy) is 3. The highest BCUT2D eigenvalue weighted by atomic mass is 32.1. The Kier molecular flexibility index (Phi) is 8.07. The number of thiazole rings is 1. The molecule has 0 aliphatic carbocycles. The third-order valence-corrected chi connectivity index (χ3v) is 7.76. The Morgan fingerprint density at radius 1 is 0.932 bits per heavy atom. The number of carbonyl (C=O) groups is 2. The largest absolute Gasteiger partial charge is 0.463 e. The normalized spacial score (nSPS) is 14.5. The number of hydrogen-bond acceptors (Lipinski definition) is 9. The summed E-state index contributed by atoms with van der Waals surface area (Å²) in [5.41, 5.74) is 1.78. The van der Waals surface area contributed by atoms with Gasteiger partial charge in [0.2, 0.25) is 5.76 Å². The number of carbonyl (C=O) groups excluding carboxylic acids is 2. The van der Waals surface area contributed by atoms with E-state index in [2.05, 4.69) is 4.99 Å². The summed E-state index contributed by atoms with van der Waals surface area (Å²) < 4.78 is 23.8. The number of benzene rings is 3. The molecule has 0 fully saturated rings. The minimum atomic E-state index is -0.810. The lowest BCUT2D eigenvalue weighted by Gasteiger charge is -2.24. The zero-order valence-electron chi connectivity index (χ0n) is 23.8. The Morgan fingerprint density at radius 3 is 2.43 bits per heavy atom. The first-order chi connectivity index (χ1) is 21.4. The molecule has 1 aliphatic heterocycles.